The number of rotatable bonds is 3. The van der Waals surface area contributed by atoms with Gasteiger partial charge in [-0.05, 0) is 12.8 Å². The number of amides is 1. The predicted octanol–water partition coefficient (Wildman–Crippen LogP) is 0.692. The molecule has 0 aromatic rings. The van der Waals surface area contributed by atoms with Crippen molar-refractivity contribution in [1.29, 1.82) is 0 Å². The van der Waals surface area contributed by atoms with Gasteiger partial charge in [0.1, 0.15) is 6.10 Å². The van der Waals surface area contributed by atoms with E-state index in [-0.39, 0.29) is 24.5 Å². The zero-order valence-electron chi connectivity index (χ0n) is 7.81. The van der Waals surface area contributed by atoms with Crippen molar-refractivity contribution in [2.75, 3.05) is 13.1 Å². The summed E-state index contributed by atoms with van der Waals surface area (Å²) in [5.41, 5.74) is 0. The van der Waals surface area contributed by atoms with Crippen molar-refractivity contribution >= 4 is 12.1 Å². The van der Waals surface area contributed by atoms with Crippen molar-refractivity contribution in [3.63, 3.8) is 0 Å². The van der Waals surface area contributed by atoms with E-state index in [1.165, 1.54) is 0 Å². The summed E-state index contributed by atoms with van der Waals surface area (Å²) in [6.07, 6.45) is 1.33. The van der Waals surface area contributed by atoms with Crippen molar-refractivity contribution in [3.05, 3.63) is 0 Å². The van der Waals surface area contributed by atoms with Gasteiger partial charge in [0.2, 0.25) is 0 Å². The summed E-state index contributed by atoms with van der Waals surface area (Å²) in [5.74, 6) is -0.550. The van der Waals surface area contributed by atoms with Gasteiger partial charge in [-0.15, -0.1) is 0 Å². The Morgan fingerprint density at radius 3 is 3.14 bits per heavy atom. The Morgan fingerprint density at radius 1 is 1.64 bits per heavy atom. The molecule has 2 fully saturated rings. The van der Waals surface area contributed by atoms with Crippen LogP contribution in [-0.4, -0.2) is 41.3 Å². The lowest BCUT2D eigenvalue weighted by atomic mass is 9.90. The number of ether oxygens (including phenoxy) is 1. The van der Waals surface area contributed by atoms with E-state index in [1.807, 2.05) is 0 Å². The van der Waals surface area contributed by atoms with Gasteiger partial charge in [-0.25, -0.2) is 4.79 Å². The highest BCUT2D eigenvalue weighted by molar-refractivity contribution is 5.70. The van der Waals surface area contributed by atoms with Crippen molar-refractivity contribution in [2.24, 2.45) is 5.92 Å². The van der Waals surface area contributed by atoms with Gasteiger partial charge in [0, 0.05) is 18.9 Å². The number of hydrogen-bond acceptors (Lipinski definition) is 3. The molecule has 78 valence electrons. The molecule has 1 unspecified atom stereocenters. The van der Waals surface area contributed by atoms with E-state index >= 15 is 0 Å². The van der Waals surface area contributed by atoms with Gasteiger partial charge >= 0.3 is 12.1 Å². The summed E-state index contributed by atoms with van der Waals surface area (Å²) in [6.45, 7) is 1.35. The molecule has 2 atom stereocenters. The number of aliphatic carboxylic acids is 1. The lowest BCUT2D eigenvalue weighted by Crippen LogP contribution is -2.36. The molecule has 2 aliphatic heterocycles. The van der Waals surface area contributed by atoms with E-state index in [9.17, 15) is 9.59 Å². The van der Waals surface area contributed by atoms with Crippen LogP contribution in [0.25, 0.3) is 0 Å². The zero-order chi connectivity index (χ0) is 10.1. The van der Waals surface area contributed by atoms with Crippen LogP contribution in [0.3, 0.4) is 0 Å². The number of nitrogens with zero attached hydrogens (tertiary/aromatic N) is 1. The molecule has 1 amide bonds. The molecular formula is C9H13NO4. The minimum absolute atomic E-state index is 0.0735. The Kier molecular flexibility index (Phi) is 2.31. The average Bonchev–Trinajstić information content (AvgIpc) is 2.42. The molecule has 0 aromatic heterocycles. The smallest absolute Gasteiger partial charge is 0.410 e. The predicted molar refractivity (Wildman–Crippen MR) is 46.8 cm³/mol. The van der Waals surface area contributed by atoms with Crippen LogP contribution in [-0.2, 0) is 9.53 Å². The monoisotopic (exact) mass is 199 g/mol. The van der Waals surface area contributed by atoms with Crippen molar-refractivity contribution in [2.45, 2.75) is 25.4 Å². The van der Waals surface area contributed by atoms with Gasteiger partial charge in [-0.3, -0.25) is 4.79 Å². The summed E-state index contributed by atoms with van der Waals surface area (Å²) in [7, 11) is 0. The quantitative estimate of drug-likeness (QED) is 0.726. The Labute approximate surface area is 81.6 Å². The minimum Gasteiger partial charge on any atom is -0.481 e. The van der Waals surface area contributed by atoms with Gasteiger partial charge in [0.05, 0.1) is 6.54 Å². The summed E-state index contributed by atoms with van der Waals surface area (Å²) < 4.78 is 5.12. The fourth-order valence-corrected chi connectivity index (χ4v) is 2.11. The first kappa shape index (κ1) is 9.30. The highest BCUT2D eigenvalue weighted by atomic mass is 16.6. The van der Waals surface area contributed by atoms with E-state index in [1.54, 1.807) is 4.90 Å². The Hall–Kier alpha value is -1.26. The molecule has 14 heavy (non-hydrogen) atoms. The molecule has 5 nitrogen and oxygen atoms in total. The molecule has 0 aromatic carbocycles. The van der Waals surface area contributed by atoms with Crippen LogP contribution in [0.1, 0.15) is 19.3 Å². The average molecular weight is 199 g/mol. The van der Waals surface area contributed by atoms with Gasteiger partial charge in [0.15, 0.2) is 0 Å². The highest BCUT2D eigenvalue weighted by Crippen LogP contribution is 2.30. The van der Waals surface area contributed by atoms with Crippen LogP contribution in [0.5, 0.6) is 0 Å². The van der Waals surface area contributed by atoms with E-state index in [2.05, 4.69) is 0 Å². The third kappa shape index (κ3) is 1.66. The second-order valence-electron chi connectivity index (χ2n) is 3.85. The largest absolute Gasteiger partial charge is 0.481 e. The van der Waals surface area contributed by atoms with Crippen LogP contribution in [0.2, 0.25) is 0 Å². The van der Waals surface area contributed by atoms with Gasteiger partial charge in [0.25, 0.3) is 0 Å². The second-order valence-corrected chi connectivity index (χ2v) is 3.85. The maximum absolute atomic E-state index is 11.1. The lowest BCUT2D eigenvalue weighted by Gasteiger charge is -2.26. The molecule has 0 aliphatic carbocycles. The summed E-state index contributed by atoms with van der Waals surface area (Å²) in [5, 5.41) is 8.55. The Balaban J connectivity index is 1.89. The van der Waals surface area contributed by atoms with Crippen LogP contribution in [0.4, 0.5) is 4.79 Å². The van der Waals surface area contributed by atoms with Gasteiger partial charge < -0.3 is 14.7 Å². The number of carboxylic acids is 1. The van der Waals surface area contributed by atoms with E-state index < -0.39 is 5.97 Å². The topological polar surface area (TPSA) is 66.8 Å². The maximum atomic E-state index is 11.1. The van der Waals surface area contributed by atoms with Crippen molar-refractivity contribution in [3.8, 4) is 0 Å². The lowest BCUT2D eigenvalue weighted by molar-refractivity contribution is -0.137. The van der Waals surface area contributed by atoms with Crippen LogP contribution >= 0.6 is 0 Å². The molecule has 0 radical (unpaired) electrons. The van der Waals surface area contributed by atoms with E-state index in [4.69, 9.17) is 9.84 Å². The molecule has 2 saturated heterocycles. The Bertz CT molecular complexity index is 266. The zero-order valence-corrected chi connectivity index (χ0v) is 7.81. The van der Waals surface area contributed by atoms with E-state index in [0.29, 0.717) is 19.5 Å². The number of carbonyl (C=O) groups excluding carboxylic acids is 1. The summed E-state index contributed by atoms with van der Waals surface area (Å²) in [6, 6.07) is 0. The minimum atomic E-state index is -0.781. The van der Waals surface area contributed by atoms with Gasteiger partial charge in [-0.2, -0.15) is 0 Å². The second kappa shape index (κ2) is 3.48. The molecule has 2 bridgehead atoms. The molecule has 0 saturated carbocycles. The number of hydrogen-bond donors (Lipinski definition) is 1. The number of fused-ring (bicyclic) bond motifs is 2. The van der Waals surface area contributed by atoms with E-state index in [0.717, 1.165) is 6.42 Å². The van der Waals surface area contributed by atoms with Crippen molar-refractivity contribution < 1.29 is 19.4 Å². The van der Waals surface area contributed by atoms with Crippen molar-refractivity contribution in [1.82, 2.24) is 4.90 Å². The van der Waals surface area contributed by atoms with Crippen LogP contribution in [0.15, 0.2) is 0 Å². The SMILES string of the molecule is O=C(O)CCC1CCN2C[C@H]1OC2=O. The standard InChI is InChI=1S/C9H13NO4/c11-8(12)2-1-6-3-4-10-5-7(6)14-9(10)13/h6-7H,1-5H2,(H,11,12)/t6?,7-/m1/s1. The maximum Gasteiger partial charge on any atom is 0.410 e. The number of carbonyl (C=O) groups is 2. The third-order valence-corrected chi connectivity index (χ3v) is 2.94. The third-order valence-electron chi connectivity index (χ3n) is 2.94. The molecular weight excluding hydrogens is 186 g/mol. The number of carboxylic acid groups (broad SMARTS) is 1. The summed E-state index contributed by atoms with van der Waals surface area (Å²) in [4.78, 5) is 23.2. The first-order valence-electron chi connectivity index (χ1n) is 4.84. The summed E-state index contributed by atoms with van der Waals surface area (Å²) >= 11 is 0. The fourth-order valence-electron chi connectivity index (χ4n) is 2.11. The molecule has 5 heteroatoms. The van der Waals surface area contributed by atoms with Crippen LogP contribution in [0, 0.1) is 5.92 Å². The first-order chi connectivity index (χ1) is 6.66. The molecule has 2 aliphatic rings. The first-order valence-corrected chi connectivity index (χ1v) is 4.84. The fraction of sp³-hybridized carbons (Fsp3) is 0.778. The molecule has 1 N–H and O–H groups in total. The van der Waals surface area contributed by atoms with Gasteiger partial charge in [-0.1, -0.05) is 0 Å². The molecule has 2 rings (SSSR count). The highest BCUT2D eigenvalue weighted by Gasteiger charge is 2.40. The number of piperidine rings is 1. The molecule has 2 heterocycles. The Morgan fingerprint density at radius 2 is 2.43 bits per heavy atom. The normalized spacial score (nSPS) is 30.3. The van der Waals surface area contributed by atoms with Crippen LogP contribution < -0.4 is 0 Å². The molecule has 0 spiro atoms.